The van der Waals surface area contributed by atoms with Crippen molar-refractivity contribution in [3.63, 3.8) is 0 Å². The third kappa shape index (κ3) is 2.61. The zero-order valence-electron chi connectivity index (χ0n) is 9.12. The van der Waals surface area contributed by atoms with Gasteiger partial charge >= 0.3 is 0 Å². The van der Waals surface area contributed by atoms with Gasteiger partial charge in [-0.2, -0.15) is 0 Å². The van der Waals surface area contributed by atoms with E-state index in [0.29, 0.717) is 5.96 Å². The molecule has 0 spiro atoms. The van der Waals surface area contributed by atoms with Crippen LogP contribution in [0.1, 0.15) is 26.7 Å². The molecule has 0 aromatic rings. The van der Waals surface area contributed by atoms with Gasteiger partial charge in [-0.1, -0.05) is 13.3 Å². The lowest BCUT2D eigenvalue weighted by molar-refractivity contribution is 0.564. The van der Waals surface area contributed by atoms with E-state index in [4.69, 9.17) is 5.73 Å². The summed E-state index contributed by atoms with van der Waals surface area (Å²) in [6.07, 6.45) is 2.27. The van der Waals surface area contributed by atoms with Crippen LogP contribution in [0.3, 0.4) is 0 Å². The van der Waals surface area contributed by atoms with Crippen LogP contribution >= 0.6 is 0 Å². The van der Waals surface area contributed by atoms with E-state index in [9.17, 15) is 0 Å². The van der Waals surface area contributed by atoms with Crippen LogP contribution in [0, 0.1) is 0 Å². The molecule has 5 heteroatoms. The molecular formula is C9H19N5. The zero-order chi connectivity index (χ0) is 10.6. The first-order valence-corrected chi connectivity index (χ1v) is 5.03. The lowest BCUT2D eigenvalue weighted by atomic mass is 10.3. The van der Waals surface area contributed by atoms with E-state index in [1.807, 2.05) is 14.0 Å². The van der Waals surface area contributed by atoms with Crippen LogP contribution in [0.5, 0.6) is 0 Å². The zero-order valence-corrected chi connectivity index (χ0v) is 9.12. The Hall–Kier alpha value is -1.26. The number of hydrogen-bond acceptors (Lipinski definition) is 3. The number of guanidine groups is 2. The number of rotatable bonds is 3. The number of unbranched alkanes of at least 4 members (excludes halogenated alkanes) is 1. The lowest BCUT2D eigenvalue weighted by Crippen LogP contribution is -2.53. The Morgan fingerprint density at radius 1 is 1.64 bits per heavy atom. The van der Waals surface area contributed by atoms with E-state index >= 15 is 0 Å². The molecule has 3 N–H and O–H groups in total. The van der Waals surface area contributed by atoms with Crippen molar-refractivity contribution in [3.05, 3.63) is 0 Å². The Labute approximate surface area is 85.1 Å². The molecular weight excluding hydrogens is 178 g/mol. The molecule has 1 aliphatic heterocycles. The molecule has 1 atom stereocenters. The number of nitrogens with two attached hydrogens (primary N) is 1. The Balaban J connectivity index is 2.61. The van der Waals surface area contributed by atoms with E-state index in [-0.39, 0.29) is 6.17 Å². The van der Waals surface area contributed by atoms with Crippen molar-refractivity contribution in [2.24, 2.45) is 15.7 Å². The molecule has 5 nitrogen and oxygen atoms in total. The van der Waals surface area contributed by atoms with Gasteiger partial charge in [0.05, 0.1) is 0 Å². The minimum atomic E-state index is 0.0200. The molecule has 1 aliphatic rings. The fourth-order valence-corrected chi connectivity index (χ4v) is 1.20. The van der Waals surface area contributed by atoms with Gasteiger partial charge in [-0.3, -0.25) is 9.89 Å². The summed E-state index contributed by atoms with van der Waals surface area (Å²) in [5.74, 6) is 1.34. The summed E-state index contributed by atoms with van der Waals surface area (Å²) in [4.78, 5) is 10.4. The molecule has 0 bridgehead atoms. The summed E-state index contributed by atoms with van der Waals surface area (Å²) in [6, 6.07) is 0. The molecule has 0 amide bonds. The molecule has 0 aromatic carbocycles. The Morgan fingerprint density at radius 3 is 3.00 bits per heavy atom. The maximum absolute atomic E-state index is 5.72. The normalized spacial score (nSPS) is 24.8. The van der Waals surface area contributed by atoms with Crippen LogP contribution in [0.4, 0.5) is 0 Å². The highest BCUT2D eigenvalue weighted by molar-refractivity contribution is 5.99. The van der Waals surface area contributed by atoms with Gasteiger partial charge in [-0.25, -0.2) is 4.99 Å². The van der Waals surface area contributed by atoms with Gasteiger partial charge in [0.25, 0.3) is 0 Å². The summed E-state index contributed by atoms with van der Waals surface area (Å²) >= 11 is 0. The third-order valence-electron chi connectivity index (χ3n) is 2.10. The van der Waals surface area contributed by atoms with Gasteiger partial charge in [-0.05, 0) is 13.3 Å². The third-order valence-corrected chi connectivity index (χ3v) is 2.10. The lowest BCUT2D eigenvalue weighted by Gasteiger charge is -2.28. The average molecular weight is 197 g/mol. The molecule has 14 heavy (non-hydrogen) atoms. The van der Waals surface area contributed by atoms with Crippen molar-refractivity contribution in [1.29, 1.82) is 0 Å². The van der Waals surface area contributed by atoms with Crippen LogP contribution < -0.4 is 11.1 Å². The molecule has 0 saturated carbocycles. The van der Waals surface area contributed by atoms with Gasteiger partial charge in [-0.15, -0.1) is 0 Å². The fourth-order valence-electron chi connectivity index (χ4n) is 1.20. The first kappa shape index (κ1) is 10.8. The largest absolute Gasteiger partial charge is 0.369 e. The summed E-state index contributed by atoms with van der Waals surface area (Å²) < 4.78 is 0. The molecule has 0 radical (unpaired) electrons. The van der Waals surface area contributed by atoms with Crippen molar-refractivity contribution in [3.8, 4) is 0 Å². The second-order valence-electron chi connectivity index (χ2n) is 3.43. The van der Waals surface area contributed by atoms with Crippen LogP contribution in [0.15, 0.2) is 9.98 Å². The molecule has 0 fully saturated rings. The molecule has 0 aromatic heterocycles. The molecule has 80 valence electrons. The number of nitrogens with zero attached hydrogens (tertiary/aromatic N) is 3. The average Bonchev–Trinajstić information content (AvgIpc) is 2.13. The summed E-state index contributed by atoms with van der Waals surface area (Å²) in [5, 5.41) is 3.16. The first-order chi connectivity index (χ1) is 6.65. The molecule has 1 heterocycles. The maximum atomic E-state index is 5.72. The van der Waals surface area contributed by atoms with Crippen molar-refractivity contribution in [1.82, 2.24) is 10.2 Å². The summed E-state index contributed by atoms with van der Waals surface area (Å²) in [5.41, 5.74) is 5.72. The highest BCUT2D eigenvalue weighted by Crippen LogP contribution is 1.99. The minimum Gasteiger partial charge on any atom is -0.369 e. The smallest absolute Gasteiger partial charge is 0.202 e. The maximum Gasteiger partial charge on any atom is 0.202 e. The Bertz CT molecular complexity index is 246. The van der Waals surface area contributed by atoms with E-state index in [2.05, 4.69) is 22.2 Å². The van der Waals surface area contributed by atoms with Crippen molar-refractivity contribution < 1.29 is 0 Å². The quantitative estimate of drug-likeness (QED) is 0.641. The van der Waals surface area contributed by atoms with Crippen molar-refractivity contribution >= 4 is 11.9 Å². The van der Waals surface area contributed by atoms with Gasteiger partial charge in [0.1, 0.15) is 6.17 Å². The van der Waals surface area contributed by atoms with E-state index in [1.165, 1.54) is 0 Å². The number of nitrogens with one attached hydrogen (secondary N) is 1. The Kier molecular flexibility index (Phi) is 3.73. The SMILES string of the molecule is CCCCN=C1NC(C)N=C(N)N1C. The molecule has 0 saturated heterocycles. The topological polar surface area (TPSA) is 66.0 Å². The highest BCUT2D eigenvalue weighted by atomic mass is 15.4. The van der Waals surface area contributed by atoms with E-state index < -0.39 is 0 Å². The molecule has 0 aliphatic carbocycles. The van der Waals surface area contributed by atoms with Gasteiger partial charge in [0.15, 0.2) is 5.96 Å². The predicted molar refractivity (Wildman–Crippen MR) is 59.2 cm³/mol. The van der Waals surface area contributed by atoms with E-state index in [1.54, 1.807) is 4.90 Å². The first-order valence-electron chi connectivity index (χ1n) is 5.03. The standard InChI is InChI=1S/C9H19N5/c1-4-5-6-11-9-13-7(2)12-8(10)14(9)3/h7H,4-6H2,1-3H3,(H2,10,12)(H,11,13). The second-order valence-corrected chi connectivity index (χ2v) is 3.43. The van der Waals surface area contributed by atoms with Crippen molar-refractivity contribution in [2.45, 2.75) is 32.9 Å². The Morgan fingerprint density at radius 2 is 2.36 bits per heavy atom. The van der Waals surface area contributed by atoms with Crippen LogP contribution in [-0.2, 0) is 0 Å². The minimum absolute atomic E-state index is 0.0200. The van der Waals surface area contributed by atoms with E-state index in [0.717, 1.165) is 25.3 Å². The van der Waals surface area contributed by atoms with Gasteiger partial charge < -0.3 is 11.1 Å². The van der Waals surface area contributed by atoms with Crippen LogP contribution in [0.2, 0.25) is 0 Å². The van der Waals surface area contributed by atoms with Gasteiger partial charge in [0, 0.05) is 13.6 Å². The summed E-state index contributed by atoms with van der Waals surface area (Å²) in [6.45, 7) is 4.94. The fraction of sp³-hybridized carbons (Fsp3) is 0.778. The number of hydrogen-bond donors (Lipinski definition) is 2. The number of aliphatic imine (C=N–C) groups is 2. The highest BCUT2D eigenvalue weighted by Gasteiger charge is 2.17. The molecule has 1 rings (SSSR count). The predicted octanol–water partition coefficient (Wildman–Crippen LogP) is 0.338. The van der Waals surface area contributed by atoms with Crippen LogP contribution in [-0.4, -0.2) is 36.6 Å². The summed E-state index contributed by atoms with van der Waals surface area (Å²) in [7, 11) is 1.86. The second kappa shape index (κ2) is 4.83. The van der Waals surface area contributed by atoms with Crippen molar-refractivity contribution in [2.75, 3.05) is 13.6 Å². The monoisotopic (exact) mass is 197 g/mol. The van der Waals surface area contributed by atoms with Gasteiger partial charge in [0.2, 0.25) is 5.96 Å². The molecule has 1 unspecified atom stereocenters. The van der Waals surface area contributed by atoms with Crippen LogP contribution in [0.25, 0.3) is 0 Å².